The molecule has 2 amide bonds. The van der Waals surface area contributed by atoms with Crippen molar-refractivity contribution >= 4 is 6.03 Å². The molecule has 190 valence electrons. The van der Waals surface area contributed by atoms with Crippen LogP contribution in [0.2, 0.25) is 0 Å². The number of carbonyl (C=O) groups is 1. The molecule has 7 nitrogen and oxygen atoms in total. The van der Waals surface area contributed by atoms with E-state index in [0.29, 0.717) is 32.8 Å². The summed E-state index contributed by atoms with van der Waals surface area (Å²) in [6.45, 7) is 3.51. The summed E-state index contributed by atoms with van der Waals surface area (Å²) in [7, 11) is 0. The lowest BCUT2D eigenvalue weighted by molar-refractivity contribution is 0.134. The van der Waals surface area contributed by atoms with Gasteiger partial charge in [0.15, 0.2) is 0 Å². The Morgan fingerprint density at radius 1 is 1.28 bits per heavy atom. The molecule has 0 bridgehead atoms. The first-order chi connectivity index (χ1) is 17.5. The summed E-state index contributed by atoms with van der Waals surface area (Å²) < 4.78 is 34.0. The minimum atomic E-state index is -1.31. The van der Waals surface area contributed by atoms with Gasteiger partial charge in [-0.25, -0.2) is 13.6 Å². The Morgan fingerprint density at radius 3 is 3.08 bits per heavy atom. The number of aromatic amines is 1. The number of amides is 2. The van der Waals surface area contributed by atoms with E-state index in [-0.39, 0.29) is 12.1 Å². The van der Waals surface area contributed by atoms with E-state index in [9.17, 15) is 13.6 Å². The van der Waals surface area contributed by atoms with Crippen LogP contribution < -0.4 is 10.1 Å². The van der Waals surface area contributed by atoms with Crippen LogP contribution in [0.1, 0.15) is 29.7 Å². The lowest BCUT2D eigenvalue weighted by Crippen LogP contribution is -2.53. The van der Waals surface area contributed by atoms with Crippen molar-refractivity contribution in [2.75, 3.05) is 32.8 Å². The highest BCUT2D eigenvalue weighted by Crippen LogP contribution is 2.33. The molecule has 1 fully saturated rings. The number of likely N-dealkylation sites (tertiary alicyclic amines) is 1. The summed E-state index contributed by atoms with van der Waals surface area (Å²) >= 11 is 0. The standard InChI is InChI=1S/C27H31F2N5O2/c28-22-4-1-5-23(29)20(22)15-33-10-2-3-19(14-33)30-27(35)34-11-8-24-21(16-34)26(32-31-24)18-6-7-25-17(13-18)9-12-36-25/h1,4-7,13,19-20,22H,2-3,8-12,14-16H2,(H,30,35)(H,31,32)/t19-,20?,22?/m1/s1. The molecule has 1 aromatic heterocycles. The van der Waals surface area contributed by atoms with Crippen molar-refractivity contribution in [3.63, 3.8) is 0 Å². The maximum Gasteiger partial charge on any atom is 0.317 e. The Hall–Kier alpha value is -3.20. The van der Waals surface area contributed by atoms with Crippen molar-refractivity contribution in [1.29, 1.82) is 0 Å². The van der Waals surface area contributed by atoms with Crippen LogP contribution >= 0.6 is 0 Å². The predicted molar refractivity (Wildman–Crippen MR) is 132 cm³/mol. The summed E-state index contributed by atoms with van der Waals surface area (Å²) in [5, 5.41) is 10.9. The number of fused-ring (bicyclic) bond motifs is 2. The van der Waals surface area contributed by atoms with Crippen LogP contribution in [-0.4, -0.2) is 71.0 Å². The molecule has 4 heterocycles. The van der Waals surface area contributed by atoms with Crippen molar-refractivity contribution in [2.24, 2.45) is 5.92 Å². The number of hydrogen-bond donors (Lipinski definition) is 2. The van der Waals surface area contributed by atoms with Crippen LogP contribution in [0.15, 0.2) is 42.3 Å². The molecule has 0 spiro atoms. The average molecular weight is 496 g/mol. The number of halogens is 2. The number of piperidine rings is 1. The van der Waals surface area contributed by atoms with Gasteiger partial charge in [0.2, 0.25) is 0 Å². The molecule has 2 unspecified atom stereocenters. The molecule has 6 rings (SSSR count). The van der Waals surface area contributed by atoms with Gasteiger partial charge in [0.1, 0.15) is 17.7 Å². The van der Waals surface area contributed by atoms with Crippen molar-refractivity contribution < 1.29 is 18.3 Å². The van der Waals surface area contributed by atoms with E-state index in [4.69, 9.17) is 4.74 Å². The summed E-state index contributed by atoms with van der Waals surface area (Å²) in [5.74, 6) is -0.242. The molecule has 9 heteroatoms. The van der Waals surface area contributed by atoms with Crippen LogP contribution in [-0.2, 0) is 19.4 Å². The van der Waals surface area contributed by atoms with Gasteiger partial charge in [-0.15, -0.1) is 0 Å². The van der Waals surface area contributed by atoms with E-state index < -0.39 is 17.9 Å². The molecular formula is C27H31F2N5O2. The van der Waals surface area contributed by atoms with Gasteiger partial charge in [-0.2, -0.15) is 5.10 Å². The van der Waals surface area contributed by atoms with Gasteiger partial charge in [0.05, 0.1) is 24.8 Å². The normalized spacial score (nSPS) is 25.7. The topological polar surface area (TPSA) is 73.5 Å². The first kappa shape index (κ1) is 23.2. The fourth-order valence-electron chi connectivity index (χ4n) is 5.78. The van der Waals surface area contributed by atoms with E-state index in [2.05, 4.69) is 26.5 Å². The van der Waals surface area contributed by atoms with Crippen LogP contribution in [0.3, 0.4) is 0 Å². The molecule has 1 aliphatic carbocycles. The zero-order chi connectivity index (χ0) is 24.6. The van der Waals surface area contributed by atoms with Crippen molar-refractivity contribution in [1.82, 2.24) is 25.3 Å². The molecule has 3 aliphatic heterocycles. The smallest absolute Gasteiger partial charge is 0.317 e. The molecule has 1 aromatic carbocycles. The molecule has 36 heavy (non-hydrogen) atoms. The molecular weight excluding hydrogens is 464 g/mol. The molecule has 3 atom stereocenters. The third-order valence-corrected chi connectivity index (χ3v) is 7.76. The number of urea groups is 1. The highest BCUT2D eigenvalue weighted by Gasteiger charge is 2.32. The van der Waals surface area contributed by atoms with Crippen LogP contribution in [0.5, 0.6) is 5.75 Å². The van der Waals surface area contributed by atoms with E-state index in [1.165, 1.54) is 23.8 Å². The number of ether oxygens (including phenoxy) is 1. The first-order valence-corrected chi connectivity index (χ1v) is 12.8. The van der Waals surface area contributed by atoms with Gasteiger partial charge in [-0.1, -0.05) is 6.08 Å². The van der Waals surface area contributed by atoms with Gasteiger partial charge < -0.3 is 19.9 Å². The number of carbonyl (C=O) groups excluding carboxylic acids is 1. The van der Waals surface area contributed by atoms with E-state index in [0.717, 1.165) is 60.5 Å². The third-order valence-electron chi connectivity index (χ3n) is 7.76. The Labute approximate surface area is 209 Å². The lowest BCUT2D eigenvalue weighted by Gasteiger charge is -2.37. The number of rotatable bonds is 4. The zero-order valence-corrected chi connectivity index (χ0v) is 20.2. The van der Waals surface area contributed by atoms with Crippen LogP contribution in [0, 0.1) is 5.92 Å². The number of nitrogens with zero attached hydrogens (tertiary/aromatic N) is 3. The van der Waals surface area contributed by atoms with Gasteiger partial charge >= 0.3 is 6.03 Å². The largest absolute Gasteiger partial charge is 0.493 e. The molecule has 0 radical (unpaired) electrons. The number of allylic oxidation sites excluding steroid dienone is 3. The number of H-pyrrole nitrogens is 1. The van der Waals surface area contributed by atoms with Gasteiger partial charge in [-0.3, -0.25) is 5.10 Å². The number of nitrogens with one attached hydrogen (secondary N) is 2. The molecule has 4 aliphatic rings. The fraction of sp³-hybridized carbons (Fsp3) is 0.481. The Kier molecular flexibility index (Phi) is 6.25. The van der Waals surface area contributed by atoms with Crippen LogP contribution in [0.25, 0.3) is 11.3 Å². The summed E-state index contributed by atoms with van der Waals surface area (Å²) in [5.41, 5.74) is 5.25. The quantitative estimate of drug-likeness (QED) is 0.675. The Bertz CT molecular complexity index is 1210. The molecule has 2 aromatic rings. The second kappa shape index (κ2) is 9.69. The first-order valence-electron chi connectivity index (χ1n) is 12.8. The Balaban J connectivity index is 1.09. The monoisotopic (exact) mass is 495 g/mol. The maximum atomic E-state index is 14.2. The number of hydrogen-bond acceptors (Lipinski definition) is 4. The highest BCUT2D eigenvalue weighted by atomic mass is 19.1. The van der Waals surface area contributed by atoms with Crippen molar-refractivity contribution in [3.8, 4) is 17.0 Å². The second-order valence-corrected chi connectivity index (χ2v) is 10.2. The van der Waals surface area contributed by atoms with Crippen LogP contribution in [0.4, 0.5) is 13.6 Å². The molecule has 2 N–H and O–H groups in total. The minimum absolute atomic E-state index is 0.0441. The van der Waals surface area contributed by atoms with Gasteiger partial charge in [0, 0.05) is 55.3 Å². The highest BCUT2D eigenvalue weighted by molar-refractivity contribution is 5.76. The summed E-state index contributed by atoms with van der Waals surface area (Å²) in [6.07, 6.45) is 6.23. The number of aromatic nitrogens is 2. The summed E-state index contributed by atoms with van der Waals surface area (Å²) in [6, 6.07) is 6.01. The number of alkyl halides is 1. The van der Waals surface area contributed by atoms with Gasteiger partial charge in [-0.05, 0) is 55.3 Å². The van der Waals surface area contributed by atoms with Crippen molar-refractivity contribution in [3.05, 3.63) is 59.1 Å². The molecule has 0 saturated carbocycles. The lowest BCUT2D eigenvalue weighted by atomic mass is 9.95. The average Bonchev–Trinajstić information content (AvgIpc) is 3.52. The van der Waals surface area contributed by atoms with E-state index in [1.54, 1.807) is 0 Å². The summed E-state index contributed by atoms with van der Waals surface area (Å²) in [4.78, 5) is 17.1. The van der Waals surface area contributed by atoms with E-state index >= 15 is 0 Å². The van der Waals surface area contributed by atoms with Gasteiger partial charge in [0.25, 0.3) is 0 Å². The van der Waals surface area contributed by atoms with E-state index in [1.807, 2.05) is 17.0 Å². The zero-order valence-electron chi connectivity index (χ0n) is 20.2. The molecule has 1 saturated heterocycles. The minimum Gasteiger partial charge on any atom is -0.493 e. The Morgan fingerprint density at radius 2 is 2.19 bits per heavy atom. The second-order valence-electron chi connectivity index (χ2n) is 10.2. The maximum absolute atomic E-state index is 14.2. The van der Waals surface area contributed by atoms with Crippen molar-refractivity contribution in [2.45, 2.75) is 44.4 Å². The fourth-order valence-corrected chi connectivity index (χ4v) is 5.78. The third kappa shape index (κ3) is 4.52. The number of benzene rings is 1. The predicted octanol–water partition coefficient (Wildman–Crippen LogP) is 3.92. The SMILES string of the molecule is O=C(N[C@@H]1CCCN(CC2C(F)=CC=CC2F)C1)N1CCc2[nH]nc(-c3ccc4c(c3)CCO4)c2C1.